The minimum Gasteiger partial charge on any atom is -0.229 e. The molecule has 4 heteroatoms. The van der Waals surface area contributed by atoms with Crippen molar-refractivity contribution in [2.24, 2.45) is 4.99 Å². The monoisotopic (exact) mass is 211 g/mol. The van der Waals surface area contributed by atoms with E-state index in [-0.39, 0.29) is 10.9 Å². The molecule has 0 amide bonds. The molecular formula is C11H19N2O2+. The second-order valence-electron chi connectivity index (χ2n) is 3.69. The molecule has 2 atom stereocenters. The third kappa shape index (κ3) is 1.37. The van der Waals surface area contributed by atoms with Crippen LogP contribution >= 0.6 is 0 Å². The summed E-state index contributed by atoms with van der Waals surface area (Å²) in [5.74, 6) is 0. The lowest BCUT2D eigenvalue weighted by atomic mass is 10.1. The number of hydrogen-bond donors (Lipinski definition) is 0. The van der Waals surface area contributed by atoms with E-state index in [9.17, 15) is 0 Å². The molecule has 15 heavy (non-hydrogen) atoms. The molecule has 0 aromatic carbocycles. The Morgan fingerprint density at radius 3 is 2.27 bits per heavy atom. The Morgan fingerprint density at radius 2 is 2.00 bits per heavy atom. The summed E-state index contributed by atoms with van der Waals surface area (Å²) in [5, 5.41) is 0. The molecule has 0 aromatic rings. The van der Waals surface area contributed by atoms with Crippen LogP contribution in [0.1, 0.15) is 13.8 Å². The van der Waals surface area contributed by atoms with Crippen molar-refractivity contribution in [1.82, 2.24) is 0 Å². The van der Waals surface area contributed by atoms with E-state index in [2.05, 4.69) is 18.3 Å². The van der Waals surface area contributed by atoms with Crippen LogP contribution in [0, 0.1) is 0 Å². The zero-order valence-corrected chi connectivity index (χ0v) is 9.86. The molecule has 1 rings (SSSR count). The van der Waals surface area contributed by atoms with Gasteiger partial charge in [-0.05, 0) is 13.6 Å². The molecule has 1 heterocycles. The highest BCUT2D eigenvalue weighted by molar-refractivity contribution is 5.33. The standard InChI is InChI=1S/C11H19N2O2/c1-7-8-9(2)10-11(3,12-4)13(10,14-5)15-6/h7-8,10H,2,4H2,1,3,5-6H3/q+1/b8-7-. The second kappa shape index (κ2) is 3.89. The quantitative estimate of drug-likeness (QED) is 0.301. The third-order valence-corrected chi connectivity index (χ3v) is 3.02. The molecule has 4 nitrogen and oxygen atoms in total. The van der Waals surface area contributed by atoms with Crippen molar-refractivity contribution in [1.29, 1.82) is 0 Å². The van der Waals surface area contributed by atoms with Gasteiger partial charge in [-0.15, -0.1) is 0 Å². The largest absolute Gasteiger partial charge is 0.313 e. The number of nitrogens with zero attached hydrogens (tertiary/aromatic N) is 2. The minimum atomic E-state index is -0.500. The van der Waals surface area contributed by atoms with Gasteiger partial charge in [0.15, 0.2) is 0 Å². The van der Waals surface area contributed by atoms with E-state index in [4.69, 9.17) is 9.68 Å². The maximum Gasteiger partial charge on any atom is 0.313 e. The van der Waals surface area contributed by atoms with E-state index >= 15 is 0 Å². The van der Waals surface area contributed by atoms with E-state index in [1.54, 1.807) is 14.2 Å². The van der Waals surface area contributed by atoms with Gasteiger partial charge in [-0.1, -0.05) is 18.7 Å². The van der Waals surface area contributed by atoms with Crippen LogP contribution in [-0.4, -0.2) is 37.5 Å². The molecule has 0 spiro atoms. The molecule has 2 unspecified atom stereocenters. The molecule has 0 aliphatic carbocycles. The van der Waals surface area contributed by atoms with E-state index in [1.807, 2.05) is 26.0 Å². The summed E-state index contributed by atoms with van der Waals surface area (Å²) in [5.41, 5.74) is 0.427. The summed E-state index contributed by atoms with van der Waals surface area (Å²) in [6.07, 6.45) is 3.87. The summed E-state index contributed by atoms with van der Waals surface area (Å²) in [6, 6.07) is -0.0267. The van der Waals surface area contributed by atoms with Crippen molar-refractivity contribution in [3.8, 4) is 0 Å². The number of rotatable bonds is 5. The van der Waals surface area contributed by atoms with Gasteiger partial charge in [0.25, 0.3) is 6.04 Å². The molecule has 1 saturated heterocycles. The molecule has 0 N–H and O–H groups in total. The SMILES string of the molecule is C=NC1(C)C(C(=C)/C=C\C)[N+]1(OC)OC. The van der Waals surface area contributed by atoms with Gasteiger partial charge >= 0.3 is 5.66 Å². The van der Waals surface area contributed by atoms with Gasteiger partial charge in [0.05, 0.1) is 14.2 Å². The predicted octanol–water partition coefficient (Wildman–Crippen LogP) is 1.86. The summed E-state index contributed by atoms with van der Waals surface area (Å²) in [4.78, 5) is 14.8. The summed E-state index contributed by atoms with van der Waals surface area (Å²) >= 11 is 0. The van der Waals surface area contributed by atoms with Crippen LogP contribution in [0.15, 0.2) is 29.3 Å². The van der Waals surface area contributed by atoms with Crippen LogP contribution in [-0.2, 0) is 9.68 Å². The van der Waals surface area contributed by atoms with Gasteiger partial charge in [0.2, 0.25) is 0 Å². The van der Waals surface area contributed by atoms with E-state index < -0.39 is 5.66 Å². The third-order valence-electron chi connectivity index (χ3n) is 3.02. The molecule has 1 fully saturated rings. The highest BCUT2D eigenvalue weighted by Crippen LogP contribution is 2.55. The first kappa shape index (κ1) is 12.1. The Labute approximate surface area is 91.0 Å². The maximum absolute atomic E-state index is 5.37. The predicted molar refractivity (Wildman–Crippen MR) is 60.0 cm³/mol. The van der Waals surface area contributed by atoms with Crippen molar-refractivity contribution in [3.63, 3.8) is 0 Å². The smallest absolute Gasteiger partial charge is 0.229 e. The van der Waals surface area contributed by atoms with Crippen molar-refractivity contribution in [2.45, 2.75) is 25.6 Å². The molecule has 0 aromatic heterocycles. The zero-order chi connectivity index (χ0) is 11.7. The van der Waals surface area contributed by atoms with Crippen molar-refractivity contribution >= 4 is 6.72 Å². The average Bonchev–Trinajstić information content (AvgIpc) is 2.80. The lowest BCUT2D eigenvalue weighted by Crippen LogP contribution is -2.31. The molecule has 1 aliphatic heterocycles. The van der Waals surface area contributed by atoms with Gasteiger partial charge in [-0.2, -0.15) is 9.68 Å². The first-order chi connectivity index (χ1) is 7.04. The Balaban J connectivity index is 3.01. The molecule has 0 radical (unpaired) electrons. The van der Waals surface area contributed by atoms with Crippen molar-refractivity contribution < 1.29 is 14.5 Å². The number of quaternary nitrogens is 1. The highest BCUT2D eigenvalue weighted by atomic mass is 17.0. The fourth-order valence-corrected chi connectivity index (χ4v) is 2.19. The van der Waals surface area contributed by atoms with Crippen LogP contribution in [0.25, 0.3) is 0 Å². The van der Waals surface area contributed by atoms with Crippen LogP contribution < -0.4 is 0 Å². The van der Waals surface area contributed by atoms with Gasteiger partial charge in [-0.3, -0.25) is 0 Å². The normalized spacial score (nSPS) is 32.9. The van der Waals surface area contributed by atoms with E-state index in [0.717, 1.165) is 5.57 Å². The van der Waals surface area contributed by atoms with Crippen LogP contribution in [0.4, 0.5) is 0 Å². The summed E-state index contributed by atoms with van der Waals surface area (Å²) in [6.45, 7) is 11.5. The minimum absolute atomic E-state index is 0.000324. The highest BCUT2D eigenvalue weighted by Gasteiger charge is 2.84. The Morgan fingerprint density at radius 1 is 1.47 bits per heavy atom. The first-order valence-corrected chi connectivity index (χ1v) is 4.83. The average molecular weight is 211 g/mol. The van der Waals surface area contributed by atoms with E-state index in [1.165, 1.54) is 0 Å². The summed E-state index contributed by atoms with van der Waals surface area (Å²) in [7, 11) is 3.19. The Bertz CT molecular complexity index is 308. The second-order valence-corrected chi connectivity index (χ2v) is 3.69. The fourth-order valence-electron chi connectivity index (χ4n) is 2.19. The van der Waals surface area contributed by atoms with Crippen molar-refractivity contribution in [2.75, 3.05) is 14.2 Å². The van der Waals surface area contributed by atoms with Crippen molar-refractivity contribution in [3.05, 3.63) is 24.3 Å². The number of hydrogen-bond acceptors (Lipinski definition) is 3. The van der Waals surface area contributed by atoms with Crippen LogP contribution in [0.3, 0.4) is 0 Å². The number of aliphatic imine (C=N–C) groups is 1. The fraction of sp³-hybridized carbons (Fsp3) is 0.545. The molecule has 84 valence electrons. The van der Waals surface area contributed by atoms with Crippen LogP contribution in [0.5, 0.6) is 0 Å². The molecule has 0 bridgehead atoms. The van der Waals surface area contributed by atoms with Gasteiger partial charge in [-0.25, -0.2) is 4.99 Å². The topological polar surface area (TPSA) is 30.8 Å². The maximum atomic E-state index is 5.37. The Kier molecular flexibility index (Phi) is 3.13. The molecule has 0 saturated carbocycles. The number of allylic oxidation sites excluding steroid dienone is 1. The Hall–Kier alpha value is -0.970. The van der Waals surface area contributed by atoms with Gasteiger partial charge in [0, 0.05) is 17.3 Å². The molecule has 1 aliphatic rings. The molecular weight excluding hydrogens is 192 g/mol. The van der Waals surface area contributed by atoms with Gasteiger partial charge in [0.1, 0.15) is 0 Å². The lowest BCUT2D eigenvalue weighted by molar-refractivity contribution is -1.18. The number of hydroxylamine groups is 4. The zero-order valence-electron chi connectivity index (χ0n) is 9.86. The first-order valence-electron chi connectivity index (χ1n) is 4.83. The van der Waals surface area contributed by atoms with Crippen LogP contribution in [0.2, 0.25) is 0 Å². The van der Waals surface area contributed by atoms with Gasteiger partial charge < -0.3 is 0 Å². The van der Waals surface area contributed by atoms with E-state index in [0.29, 0.717) is 0 Å². The summed E-state index contributed by atoms with van der Waals surface area (Å²) < 4.78 is 0. The lowest BCUT2D eigenvalue weighted by Gasteiger charge is -2.13.